The van der Waals surface area contributed by atoms with Gasteiger partial charge in [-0.15, -0.1) is 0 Å². The Labute approximate surface area is 142 Å². The van der Waals surface area contributed by atoms with Gasteiger partial charge in [0.05, 0.1) is 12.2 Å². The van der Waals surface area contributed by atoms with Gasteiger partial charge >= 0.3 is 5.97 Å². The Balaban J connectivity index is 1.77. The van der Waals surface area contributed by atoms with Crippen molar-refractivity contribution in [3.05, 3.63) is 71.3 Å². The minimum absolute atomic E-state index is 0.157. The van der Waals surface area contributed by atoms with Crippen LogP contribution >= 0.6 is 0 Å². The van der Waals surface area contributed by atoms with Crippen molar-refractivity contribution in [2.45, 2.75) is 32.0 Å². The van der Waals surface area contributed by atoms with Crippen LogP contribution in [0.1, 0.15) is 34.3 Å². The van der Waals surface area contributed by atoms with Crippen molar-refractivity contribution < 1.29 is 15.0 Å². The minimum atomic E-state index is -0.908. The van der Waals surface area contributed by atoms with Crippen LogP contribution < -0.4 is 0 Å². The van der Waals surface area contributed by atoms with Crippen LogP contribution in [-0.2, 0) is 13.1 Å². The van der Waals surface area contributed by atoms with E-state index in [4.69, 9.17) is 5.11 Å². The van der Waals surface area contributed by atoms with Crippen molar-refractivity contribution in [1.82, 2.24) is 4.90 Å². The van der Waals surface area contributed by atoms with Gasteiger partial charge in [0.25, 0.3) is 0 Å². The molecule has 1 fully saturated rings. The van der Waals surface area contributed by atoms with Gasteiger partial charge in [-0.1, -0.05) is 42.5 Å². The predicted molar refractivity (Wildman–Crippen MR) is 92.7 cm³/mol. The van der Waals surface area contributed by atoms with Gasteiger partial charge in [-0.3, -0.25) is 4.90 Å². The molecule has 0 bridgehead atoms. The molecule has 0 spiro atoms. The molecule has 1 unspecified atom stereocenters. The second kappa shape index (κ2) is 7.60. The molecule has 4 nitrogen and oxygen atoms in total. The second-order valence-electron chi connectivity index (χ2n) is 6.48. The summed E-state index contributed by atoms with van der Waals surface area (Å²) < 4.78 is 0. The van der Waals surface area contributed by atoms with E-state index in [0.717, 1.165) is 12.1 Å². The number of carbonyl (C=O) groups is 1. The quantitative estimate of drug-likeness (QED) is 0.783. The highest BCUT2D eigenvalue weighted by atomic mass is 16.4. The molecule has 1 atom stereocenters. The summed E-state index contributed by atoms with van der Waals surface area (Å²) in [6, 6.07) is 17.4. The summed E-state index contributed by atoms with van der Waals surface area (Å²) in [5.74, 6) is -0.342. The number of hydrogen-bond acceptors (Lipinski definition) is 3. The fourth-order valence-electron chi connectivity index (χ4n) is 3.14. The zero-order valence-corrected chi connectivity index (χ0v) is 13.6. The average Bonchev–Trinajstić information content (AvgIpc) is 3.42. The maximum Gasteiger partial charge on any atom is 0.335 e. The van der Waals surface area contributed by atoms with Crippen LogP contribution in [0, 0.1) is 5.92 Å². The van der Waals surface area contributed by atoms with Crippen molar-refractivity contribution >= 4 is 5.97 Å². The lowest BCUT2D eigenvalue weighted by atomic mass is 10.1. The minimum Gasteiger partial charge on any atom is -0.478 e. The molecule has 0 saturated heterocycles. The summed E-state index contributed by atoms with van der Waals surface area (Å²) in [4.78, 5) is 13.3. The van der Waals surface area contributed by atoms with Crippen LogP contribution in [0.25, 0.3) is 0 Å². The first kappa shape index (κ1) is 16.7. The Hall–Kier alpha value is -2.17. The standard InChI is InChI=1S/C20H23NO3/c22-14-19(17-10-11-17)21(12-15-4-2-1-3-5-15)13-16-6-8-18(9-7-16)20(23)24/h1-9,17,19,22H,10-14H2,(H,23,24). The number of carboxylic acid groups (broad SMARTS) is 1. The fourth-order valence-corrected chi connectivity index (χ4v) is 3.14. The maximum atomic E-state index is 11.0. The van der Waals surface area contributed by atoms with Gasteiger partial charge in [0, 0.05) is 19.1 Å². The number of benzene rings is 2. The third kappa shape index (κ3) is 4.22. The molecular weight excluding hydrogens is 302 g/mol. The molecule has 0 aromatic heterocycles. The van der Waals surface area contributed by atoms with Crippen LogP contribution in [0.5, 0.6) is 0 Å². The van der Waals surface area contributed by atoms with E-state index in [1.807, 2.05) is 30.3 Å². The smallest absolute Gasteiger partial charge is 0.335 e. The third-order valence-corrected chi connectivity index (χ3v) is 4.64. The summed E-state index contributed by atoms with van der Waals surface area (Å²) in [5.41, 5.74) is 2.59. The summed E-state index contributed by atoms with van der Waals surface area (Å²) in [6.07, 6.45) is 2.35. The Morgan fingerprint density at radius 3 is 2.08 bits per heavy atom. The van der Waals surface area contributed by atoms with Gasteiger partial charge in [-0.25, -0.2) is 4.79 Å². The van der Waals surface area contributed by atoms with Crippen LogP contribution in [0.2, 0.25) is 0 Å². The average molecular weight is 325 g/mol. The van der Waals surface area contributed by atoms with Crippen molar-refractivity contribution in [2.24, 2.45) is 5.92 Å². The molecule has 4 heteroatoms. The summed E-state index contributed by atoms with van der Waals surface area (Å²) in [5, 5.41) is 18.9. The first-order chi connectivity index (χ1) is 11.7. The van der Waals surface area contributed by atoms with E-state index in [-0.39, 0.29) is 12.6 Å². The van der Waals surface area contributed by atoms with E-state index in [9.17, 15) is 9.90 Å². The van der Waals surface area contributed by atoms with Gasteiger partial charge < -0.3 is 10.2 Å². The van der Waals surface area contributed by atoms with E-state index in [1.54, 1.807) is 12.1 Å². The zero-order chi connectivity index (χ0) is 16.9. The van der Waals surface area contributed by atoms with E-state index in [0.29, 0.717) is 18.0 Å². The summed E-state index contributed by atoms with van der Waals surface area (Å²) in [7, 11) is 0. The Morgan fingerprint density at radius 1 is 1.00 bits per heavy atom. The molecule has 3 rings (SSSR count). The molecule has 1 saturated carbocycles. The Kier molecular flexibility index (Phi) is 5.28. The first-order valence-electron chi connectivity index (χ1n) is 8.38. The lowest BCUT2D eigenvalue weighted by Crippen LogP contribution is -2.38. The maximum absolute atomic E-state index is 11.0. The molecule has 1 aliphatic carbocycles. The van der Waals surface area contributed by atoms with E-state index < -0.39 is 5.97 Å². The molecule has 2 aromatic carbocycles. The molecule has 0 radical (unpaired) electrons. The second-order valence-corrected chi connectivity index (χ2v) is 6.48. The van der Waals surface area contributed by atoms with Gasteiger partial charge in [-0.2, -0.15) is 0 Å². The normalized spacial score (nSPS) is 15.4. The predicted octanol–water partition coefficient (Wildman–Crippen LogP) is 3.16. The Morgan fingerprint density at radius 2 is 1.58 bits per heavy atom. The highest BCUT2D eigenvalue weighted by Gasteiger charge is 2.34. The summed E-state index contributed by atoms with van der Waals surface area (Å²) >= 11 is 0. The van der Waals surface area contributed by atoms with Crippen molar-refractivity contribution in [3.8, 4) is 0 Å². The SMILES string of the molecule is O=C(O)c1ccc(CN(Cc2ccccc2)C(CO)C2CC2)cc1. The van der Waals surface area contributed by atoms with Crippen molar-refractivity contribution in [1.29, 1.82) is 0 Å². The van der Waals surface area contributed by atoms with Gasteiger partial charge in [0.2, 0.25) is 0 Å². The van der Waals surface area contributed by atoms with Crippen molar-refractivity contribution in [2.75, 3.05) is 6.61 Å². The molecule has 0 aliphatic heterocycles. The molecule has 126 valence electrons. The van der Waals surface area contributed by atoms with E-state index >= 15 is 0 Å². The number of aliphatic hydroxyl groups excluding tert-OH is 1. The topological polar surface area (TPSA) is 60.8 Å². The Bertz CT molecular complexity index is 665. The zero-order valence-electron chi connectivity index (χ0n) is 13.6. The third-order valence-electron chi connectivity index (χ3n) is 4.64. The number of rotatable bonds is 8. The molecule has 2 N–H and O–H groups in total. The number of carboxylic acids is 1. The number of aliphatic hydroxyl groups is 1. The van der Waals surface area contributed by atoms with E-state index in [2.05, 4.69) is 17.0 Å². The van der Waals surface area contributed by atoms with Crippen LogP contribution in [0.3, 0.4) is 0 Å². The fraction of sp³-hybridized carbons (Fsp3) is 0.350. The monoisotopic (exact) mass is 325 g/mol. The van der Waals surface area contributed by atoms with E-state index in [1.165, 1.54) is 18.4 Å². The van der Waals surface area contributed by atoms with Gasteiger partial charge in [0.1, 0.15) is 0 Å². The van der Waals surface area contributed by atoms with Crippen molar-refractivity contribution in [3.63, 3.8) is 0 Å². The number of aromatic carboxylic acids is 1. The largest absolute Gasteiger partial charge is 0.478 e. The molecule has 1 aliphatic rings. The summed E-state index contributed by atoms with van der Waals surface area (Å²) in [6.45, 7) is 1.64. The molecule has 0 amide bonds. The molecule has 24 heavy (non-hydrogen) atoms. The van der Waals surface area contributed by atoms with Crippen LogP contribution in [-0.4, -0.2) is 33.7 Å². The first-order valence-corrected chi connectivity index (χ1v) is 8.38. The molecule has 0 heterocycles. The lowest BCUT2D eigenvalue weighted by Gasteiger charge is -2.31. The number of hydrogen-bond donors (Lipinski definition) is 2. The number of nitrogens with zero attached hydrogens (tertiary/aromatic N) is 1. The van der Waals surface area contributed by atoms with Gasteiger partial charge in [-0.05, 0) is 42.0 Å². The van der Waals surface area contributed by atoms with Crippen LogP contribution in [0.15, 0.2) is 54.6 Å². The highest BCUT2D eigenvalue weighted by molar-refractivity contribution is 5.87. The highest BCUT2D eigenvalue weighted by Crippen LogP contribution is 2.36. The molecule has 2 aromatic rings. The molecular formula is C20H23NO3. The lowest BCUT2D eigenvalue weighted by molar-refractivity contribution is 0.0697. The van der Waals surface area contributed by atoms with Gasteiger partial charge in [0.15, 0.2) is 0 Å². The van der Waals surface area contributed by atoms with Crippen LogP contribution in [0.4, 0.5) is 0 Å².